The van der Waals surface area contributed by atoms with Gasteiger partial charge in [0.25, 0.3) is 5.56 Å². The number of benzene rings is 4. The average molecular weight is 605 g/mol. The van der Waals surface area contributed by atoms with Crippen LogP contribution in [0.4, 0.5) is 0 Å². The topological polar surface area (TPSA) is 78.9 Å². The molecule has 6 rings (SSSR count). The molecule has 6 aromatic rings. The van der Waals surface area contributed by atoms with E-state index in [0.29, 0.717) is 54.4 Å². The smallest absolute Gasteiger partial charge is 0.282 e. The van der Waals surface area contributed by atoms with Gasteiger partial charge in [-0.1, -0.05) is 59.1 Å². The molecule has 0 bridgehead atoms. The van der Waals surface area contributed by atoms with Crippen LogP contribution in [0.3, 0.4) is 0 Å². The minimum Gasteiger partial charge on any atom is -0.496 e. The van der Waals surface area contributed by atoms with Crippen molar-refractivity contribution in [1.29, 1.82) is 0 Å². The molecule has 2 heterocycles. The van der Waals surface area contributed by atoms with Crippen molar-refractivity contribution < 1.29 is 13.9 Å². The molecule has 204 valence electrons. The quantitative estimate of drug-likeness (QED) is 0.172. The number of ether oxygens (including phenoxy) is 2. The number of methoxy groups -OCH3 is 1. The molecule has 0 aliphatic heterocycles. The summed E-state index contributed by atoms with van der Waals surface area (Å²) in [4.78, 5) is 18.4. The minimum atomic E-state index is -0.369. The van der Waals surface area contributed by atoms with E-state index < -0.39 is 0 Å². The molecule has 4 aromatic carbocycles. The highest BCUT2D eigenvalue weighted by atomic mass is 35.5. The van der Waals surface area contributed by atoms with Crippen molar-refractivity contribution >= 4 is 62.9 Å². The Morgan fingerprint density at radius 2 is 1.71 bits per heavy atom. The van der Waals surface area contributed by atoms with E-state index in [1.807, 2.05) is 24.3 Å². The average Bonchev–Trinajstić information content (AvgIpc) is 3.41. The lowest BCUT2D eigenvalue weighted by Crippen LogP contribution is -2.20. The van der Waals surface area contributed by atoms with E-state index >= 15 is 0 Å². The van der Waals surface area contributed by atoms with Gasteiger partial charge in [-0.2, -0.15) is 9.78 Å². The van der Waals surface area contributed by atoms with E-state index in [0.717, 1.165) is 10.9 Å². The van der Waals surface area contributed by atoms with Gasteiger partial charge in [0.05, 0.1) is 29.6 Å². The lowest BCUT2D eigenvalue weighted by Gasteiger charge is -2.11. The van der Waals surface area contributed by atoms with Gasteiger partial charge in [0, 0.05) is 26.2 Å². The zero-order chi connectivity index (χ0) is 28.5. The van der Waals surface area contributed by atoms with Gasteiger partial charge in [-0.15, -0.1) is 0 Å². The molecule has 0 spiro atoms. The van der Waals surface area contributed by atoms with Crippen LogP contribution in [0.15, 0.2) is 99.2 Å². The predicted octanol–water partition coefficient (Wildman–Crippen LogP) is 8.24. The van der Waals surface area contributed by atoms with Crippen LogP contribution in [-0.4, -0.2) is 23.0 Å². The summed E-state index contributed by atoms with van der Waals surface area (Å²) < 4.78 is 18.8. The zero-order valence-corrected chi connectivity index (χ0v) is 23.7. The summed E-state index contributed by atoms with van der Waals surface area (Å²) >= 11 is 18.6. The fourth-order valence-electron chi connectivity index (χ4n) is 4.38. The molecular weight excluding hydrogens is 585 g/mol. The summed E-state index contributed by atoms with van der Waals surface area (Å²) in [6.07, 6.45) is 1.50. The number of para-hydroxylation sites is 1. The van der Waals surface area contributed by atoms with Crippen LogP contribution < -0.4 is 15.0 Å². The number of rotatable bonds is 7. The van der Waals surface area contributed by atoms with E-state index in [2.05, 4.69) is 5.10 Å². The van der Waals surface area contributed by atoms with Crippen molar-refractivity contribution in [3.63, 3.8) is 0 Å². The molecule has 0 amide bonds. The number of hydrogen-bond acceptors (Lipinski definition) is 6. The number of furan rings is 1. The fraction of sp³-hybridized carbons (Fsp3) is 0.0645. The Bertz CT molecular complexity index is 2020. The summed E-state index contributed by atoms with van der Waals surface area (Å²) in [6.45, 7) is 0.183. The standard InChI is InChI=1S/C31H20Cl3N3O4/c1-39-27-7-4-8-28-23(27)15-29(41-28)30-36-25-6-3-2-5-22(25)31(38)37(30)35-16-19-13-20(32)11-12-26(19)40-17-18-9-10-21(33)14-24(18)34/h2-16H,17H2,1H3. The predicted molar refractivity (Wildman–Crippen MR) is 163 cm³/mol. The molecule has 10 heteroatoms. The lowest BCUT2D eigenvalue weighted by atomic mass is 10.2. The van der Waals surface area contributed by atoms with Crippen molar-refractivity contribution in [3.8, 4) is 23.1 Å². The number of halogens is 3. The fourth-order valence-corrected chi connectivity index (χ4v) is 5.02. The first-order valence-corrected chi connectivity index (χ1v) is 13.5. The van der Waals surface area contributed by atoms with Gasteiger partial charge in [0.1, 0.15) is 23.7 Å². The molecule has 0 saturated carbocycles. The van der Waals surface area contributed by atoms with Crippen molar-refractivity contribution in [3.05, 3.63) is 121 Å². The highest BCUT2D eigenvalue weighted by Crippen LogP contribution is 2.33. The molecule has 0 atom stereocenters. The minimum absolute atomic E-state index is 0.183. The van der Waals surface area contributed by atoms with Crippen LogP contribution in [0.25, 0.3) is 33.5 Å². The molecule has 7 nitrogen and oxygen atoms in total. The molecule has 0 aliphatic carbocycles. The van der Waals surface area contributed by atoms with E-state index in [4.69, 9.17) is 53.7 Å². The highest BCUT2D eigenvalue weighted by Gasteiger charge is 2.18. The number of hydrogen-bond donors (Lipinski definition) is 0. The monoisotopic (exact) mass is 603 g/mol. The van der Waals surface area contributed by atoms with E-state index in [9.17, 15) is 4.79 Å². The maximum absolute atomic E-state index is 13.7. The Balaban J connectivity index is 1.44. The second kappa shape index (κ2) is 11.3. The van der Waals surface area contributed by atoms with Crippen LogP contribution in [0.2, 0.25) is 15.1 Å². The Kier molecular flexibility index (Phi) is 7.41. The lowest BCUT2D eigenvalue weighted by molar-refractivity contribution is 0.306. The molecule has 0 N–H and O–H groups in total. The Hall–Kier alpha value is -4.30. The van der Waals surface area contributed by atoms with Gasteiger partial charge in [0.2, 0.25) is 5.82 Å². The molecule has 0 radical (unpaired) electrons. The zero-order valence-electron chi connectivity index (χ0n) is 21.5. The van der Waals surface area contributed by atoms with Gasteiger partial charge >= 0.3 is 0 Å². The van der Waals surface area contributed by atoms with Crippen molar-refractivity contribution in [1.82, 2.24) is 9.66 Å². The largest absolute Gasteiger partial charge is 0.496 e. The van der Waals surface area contributed by atoms with Gasteiger partial charge in [-0.3, -0.25) is 4.79 Å². The second-order valence-corrected chi connectivity index (χ2v) is 10.3. The first kappa shape index (κ1) is 26.9. The SMILES string of the molecule is COc1cccc2oc(-c3nc4ccccc4c(=O)n3N=Cc3cc(Cl)ccc3OCc3ccc(Cl)cc3Cl)cc12. The number of nitrogens with zero attached hydrogens (tertiary/aromatic N) is 3. The van der Waals surface area contributed by atoms with Crippen molar-refractivity contribution in [2.24, 2.45) is 5.10 Å². The maximum atomic E-state index is 13.7. The summed E-state index contributed by atoms with van der Waals surface area (Å²) in [5.74, 6) is 1.70. The summed E-state index contributed by atoms with van der Waals surface area (Å²) in [5, 5.41) is 7.19. The van der Waals surface area contributed by atoms with Gasteiger partial charge in [-0.25, -0.2) is 4.98 Å². The van der Waals surface area contributed by atoms with Crippen LogP contribution in [0.1, 0.15) is 11.1 Å². The third kappa shape index (κ3) is 5.39. The summed E-state index contributed by atoms with van der Waals surface area (Å²) in [6, 6.07) is 24.6. The first-order valence-electron chi connectivity index (χ1n) is 12.4. The molecular formula is C31H20Cl3N3O4. The van der Waals surface area contributed by atoms with E-state index in [-0.39, 0.29) is 18.0 Å². The van der Waals surface area contributed by atoms with Crippen LogP contribution in [0, 0.1) is 0 Å². The van der Waals surface area contributed by atoms with Crippen LogP contribution >= 0.6 is 34.8 Å². The Labute approximate surface area is 249 Å². The first-order chi connectivity index (χ1) is 19.9. The Morgan fingerprint density at radius 3 is 2.54 bits per heavy atom. The van der Waals surface area contributed by atoms with Crippen LogP contribution in [-0.2, 0) is 6.61 Å². The molecule has 0 saturated heterocycles. The van der Waals surface area contributed by atoms with Gasteiger partial charge in [-0.05, 0) is 60.7 Å². The summed E-state index contributed by atoms with van der Waals surface area (Å²) in [7, 11) is 1.58. The molecule has 0 aliphatic rings. The number of fused-ring (bicyclic) bond motifs is 2. The van der Waals surface area contributed by atoms with E-state index in [1.165, 1.54) is 10.9 Å². The molecule has 2 aromatic heterocycles. The molecule has 41 heavy (non-hydrogen) atoms. The molecule has 0 fully saturated rings. The molecule has 0 unspecified atom stereocenters. The second-order valence-electron chi connectivity index (χ2n) is 9.00. The van der Waals surface area contributed by atoms with E-state index in [1.54, 1.807) is 67.8 Å². The number of aromatic nitrogens is 2. The van der Waals surface area contributed by atoms with Gasteiger partial charge in [0.15, 0.2) is 5.76 Å². The maximum Gasteiger partial charge on any atom is 0.282 e. The summed E-state index contributed by atoms with van der Waals surface area (Å²) in [5.41, 5.74) is 2.03. The van der Waals surface area contributed by atoms with Gasteiger partial charge < -0.3 is 13.9 Å². The van der Waals surface area contributed by atoms with Crippen molar-refractivity contribution in [2.75, 3.05) is 7.11 Å². The Morgan fingerprint density at radius 1 is 0.902 bits per heavy atom. The van der Waals surface area contributed by atoms with Crippen LogP contribution in [0.5, 0.6) is 11.5 Å². The highest BCUT2D eigenvalue weighted by molar-refractivity contribution is 6.35. The normalized spacial score (nSPS) is 11.5. The van der Waals surface area contributed by atoms with Crippen molar-refractivity contribution in [2.45, 2.75) is 6.61 Å². The third-order valence-electron chi connectivity index (χ3n) is 6.40. The third-order valence-corrected chi connectivity index (χ3v) is 7.22.